The van der Waals surface area contributed by atoms with Crippen molar-refractivity contribution in [2.75, 3.05) is 20.8 Å². The van der Waals surface area contributed by atoms with Crippen molar-refractivity contribution in [2.45, 2.75) is 31.9 Å². The number of halogens is 1. The molecule has 0 radical (unpaired) electrons. The van der Waals surface area contributed by atoms with E-state index in [-0.39, 0.29) is 30.3 Å². The smallest absolute Gasteiger partial charge is 0.226 e. The molecule has 1 saturated carbocycles. The van der Waals surface area contributed by atoms with E-state index in [0.29, 0.717) is 30.0 Å². The third-order valence-corrected chi connectivity index (χ3v) is 5.43. The highest BCUT2D eigenvalue weighted by Crippen LogP contribution is 2.33. The molecular formula is C23H25FN2O4. The van der Waals surface area contributed by atoms with Crippen molar-refractivity contribution in [3.05, 3.63) is 59.4 Å². The fourth-order valence-electron chi connectivity index (χ4n) is 3.61. The Hall–Kier alpha value is -3.09. The van der Waals surface area contributed by atoms with Crippen LogP contribution in [-0.2, 0) is 16.2 Å². The predicted molar refractivity (Wildman–Crippen MR) is 110 cm³/mol. The Labute approximate surface area is 175 Å². The molecule has 1 atom stereocenters. The van der Waals surface area contributed by atoms with Crippen LogP contribution in [0.25, 0.3) is 0 Å². The Morgan fingerprint density at radius 1 is 1.17 bits per heavy atom. The van der Waals surface area contributed by atoms with E-state index in [2.05, 4.69) is 5.16 Å². The monoisotopic (exact) mass is 412 g/mol. The number of hydrogen-bond acceptors (Lipinski definition) is 5. The first kappa shape index (κ1) is 20.2. The maximum atomic E-state index is 14.1. The summed E-state index contributed by atoms with van der Waals surface area (Å²) in [6, 6.07) is 12.1. The summed E-state index contributed by atoms with van der Waals surface area (Å²) in [6.07, 6.45) is 2.07. The molecule has 2 aromatic carbocycles. The number of ether oxygens (including phenoxy) is 2. The van der Waals surface area contributed by atoms with Gasteiger partial charge < -0.3 is 19.2 Å². The van der Waals surface area contributed by atoms with Gasteiger partial charge in [-0.1, -0.05) is 23.4 Å². The molecule has 2 aliphatic rings. The minimum absolute atomic E-state index is 0.0458. The zero-order valence-electron chi connectivity index (χ0n) is 17.1. The van der Waals surface area contributed by atoms with Crippen LogP contribution in [0.15, 0.2) is 47.6 Å². The molecule has 7 heteroatoms. The average Bonchev–Trinajstić information content (AvgIpc) is 3.52. The number of methoxy groups -OCH3 is 2. The Morgan fingerprint density at radius 2 is 1.93 bits per heavy atom. The summed E-state index contributed by atoms with van der Waals surface area (Å²) >= 11 is 0. The van der Waals surface area contributed by atoms with Gasteiger partial charge in [0.15, 0.2) is 17.6 Å². The number of nitrogens with zero attached hydrogens (tertiary/aromatic N) is 2. The van der Waals surface area contributed by atoms with Crippen LogP contribution < -0.4 is 9.47 Å². The standard InChI is InChI=1S/C23H25FN2O4/c1-28-21-10-9-16(11-22(21)29-2)20-12-18(30-25-20)14-26(23(27)15-7-8-15)13-17-5-3-4-6-19(17)24/h3-6,9-11,15,18H,7-8,12-14H2,1-2H3/t18-/m1/s1. The second-order valence-corrected chi connectivity index (χ2v) is 7.62. The predicted octanol–water partition coefficient (Wildman–Crippen LogP) is 3.77. The van der Waals surface area contributed by atoms with E-state index in [4.69, 9.17) is 14.3 Å². The molecule has 1 amide bonds. The molecule has 0 unspecified atom stereocenters. The number of carbonyl (C=O) groups is 1. The summed E-state index contributed by atoms with van der Waals surface area (Å²) in [5.41, 5.74) is 2.17. The number of oxime groups is 1. The van der Waals surface area contributed by atoms with Gasteiger partial charge in [-0.15, -0.1) is 0 Å². The Balaban J connectivity index is 1.45. The van der Waals surface area contributed by atoms with Crippen molar-refractivity contribution in [3.8, 4) is 11.5 Å². The summed E-state index contributed by atoms with van der Waals surface area (Å²) in [6.45, 7) is 0.595. The Kier molecular flexibility index (Phi) is 5.88. The van der Waals surface area contributed by atoms with Gasteiger partial charge in [0, 0.05) is 30.0 Å². The first-order valence-corrected chi connectivity index (χ1v) is 10.1. The van der Waals surface area contributed by atoms with Crippen LogP contribution >= 0.6 is 0 Å². The van der Waals surface area contributed by atoms with E-state index in [1.165, 1.54) is 6.07 Å². The fraction of sp³-hybridized carbons (Fsp3) is 0.391. The number of hydrogen-bond donors (Lipinski definition) is 0. The van der Waals surface area contributed by atoms with Crippen LogP contribution in [0.5, 0.6) is 11.5 Å². The van der Waals surface area contributed by atoms with Crippen LogP contribution in [0, 0.1) is 11.7 Å². The zero-order valence-corrected chi connectivity index (χ0v) is 17.1. The molecule has 1 fully saturated rings. The lowest BCUT2D eigenvalue weighted by atomic mass is 10.0. The van der Waals surface area contributed by atoms with Gasteiger partial charge in [0.1, 0.15) is 5.82 Å². The van der Waals surface area contributed by atoms with Gasteiger partial charge in [-0.25, -0.2) is 4.39 Å². The van der Waals surface area contributed by atoms with Crippen LogP contribution in [0.4, 0.5) is 4.39 Å². The first-order chi connectivity index (χ1) is 14.6. The fourth-order valence-corrected chi connectivity index (χ4v) is 3.61. The largest absolute Gasteiger partial charge is 0.493 e. The Bertz CT molecular complexity index is 958. The number of carbonyl (C=O) groups excluding carboxylic acids is 1. The lowest BCUT2D eigenvalue weighted by Gasteiger charge is -2.25. The van der Waals surface area contributed by atoms with E-state index in [1.807, 2.05) is 18.2 Å². The molecule has 0 saturated heterocycles. The lowest BCUT2D eigenvalue weighted by Crippen LogP contribution is -2.38. The van der Waals surface area contributed by atoms with Crippen LogP contribution in [-0.4, -0.2) is 43.4 Å². The second-order valence-electron chi connectivity index (χ2n) is 7.62. The van der Waals surface area contributed by atoms with Gasteiger partial charge in [-0.3, -0.25) is 4.79 Å². The van der Waals surface area contributed by atoms with E-state index in [9.17, 15) is 9.18 Å². The molecule has 1 aliphatic heterocycles. The van der Waals surface area contributed by atoms with Crippen molar-refractivity contribution in [1.82, 2.24) is 4.90 Å². The van der Waals surface area contributed by atoms with Crippen LogP contribution in [0.3, 0.4) is 0 Å². The normalized spacial score (nSPS) is 17.8. The number of amides is 1. The van der Waals surface area contributed by atoms with Crippen molar-refractivity contribution >= 4 is 11.6 Å². The Morgan fingerprint density at radius 3 is 2.63 bits per heavy atom. The van der Waals surface area contributed by atoms with Gasteiger partial charge >= 0.3 is 0 Å². The van der Waals surface area contributed by atoms with Crippen LogP contribution in [0.1, 0.15) is 30.4 Å². The number of benzene rings is 2. The molecular weight excluding hydrogens is 387 g/mol. The van der Waals surface area contributed by atoms with E-state index >= 15 is 0 Å². The average molecular weight is 412 g/mol. The minimum Gasteiger partial charge on any atom is -0.493 e. The molecule has 0 aromatic heterocycles. The molecule has 1 heterocycles. The second kappa shape index (κ2) is 8.73. The van der Waals surface area contributed by atoms with Gasteiger partial charge in [0.25, 0.3) is 0 Å². The SMILES string of the molecule is COc1ccc(C2=NO[C@@H](CN(Cc3ccccc3F)C(=O)C3CC3)C2)cc1OC. The third-order valence-electron chi connectivity index (χ3n) is 5.43. The zero-order chi connectivity index (χ0) is 21.1. The van der Waals surface area contributed by atoms with E-state index < -0.39 is 0 Å². The summed E-state index contributed by atoms with van der Waals surface area (Å²) in [5, 5.41) is 4.22. The topological polar surface area (TPSA) is 60.4 Å². The van der Waals surface area contributed by atoms with E-state index in [1.54, 1.807) is 37.3 Å². The lowest BCUT2D eigenvalue weighted by molar-refractivity contribution is -0.135. The van der Waals surface area contributed by atoms with Gasteiger partial charge in [0.05, 0.1) is 26.5 Å². The minimum atomic E-state index is -0.305. The maximum Gasteiger partial charge on any atom is 0.226 e. The molecule has 6 nitrogen and oxygen atoms in total. The number of rotatable bonds is 8. The summed E-state index contributed by atoms with van der Waals surface area (Å²) < 4.78 is 24.8. The molecule has 4 rings (SSSR count). The highest BCUT2D eigenvalue weighted by atomic mass is 19.1. The highest BCUT2D eigenvalue weighted by molar-refractivity contribution is 6.01. The molecule has 0 bridgehead atoms. The summed E-state index contributed by atoms with van der Waals surface area (Å²) in [4.78, 5) is 20.1. The molecule has 0 spiro atoms. The van der Waals surface area contributed by atoms with Crippen molar-refractivity contribution in [2.24, 2.45) is 11.1 Å². The van der Waals surface area contributed by atoms with Crippen molar-refractivity contribution in [3.63, 3.8) is 0 Å². The molecule has 30 heavy (non-hydrogen) atoms. The van der Waals surface area contributed by atoms with Crippen molar-refractivity contribution in [1.29, 1.82) is 0 Å². The molecule has 2 aromatic rings. The van der Waals surface area contributed by atoms with Gasteiger partial charge in [-0.05, 0) is 37.1 Å². The molecule has 0 N–H and O–H groups in total. The summed E-state index contributed by atoms with van der Waals surface area (Å²) in [5.74, 6) is 1.06. The molecule has 158 valence electrons. The van der Waals surface area contributed by atoms with Gasteiger partial charge in [0.2, 0.25) is 5.91 Å². The third kappa shape index (κ3) is 4.40. The highest BCUT2D eigenvalue weighted by Gasteiger charge is 2.36. The van der Waals surface area contributed by atoms with Crippen molar-refractivity contribution < 1.29 is 23.5 Å². The van der Waals surface area contributed by atoms with Gasteiger partial charge in [-0.2, -0.15) is 0 Å². The maximum absolute atomic E-state index is 14.1. The summed E-state index contributed by atoms with van der Waals surface area (Å²) in [7, 11) is 3.17. The first-order valence-electron chi connectivity index (χ1n) is 10.1. The molecule has 1 aliphatic carbocycles. The van der Waals surface area contributed by atoms with E-state index in [0.717, 1.165) is 24.1 Å². The van der Waals surface area contributed by atoms with Crippen LogP contribution in [0.2, 0.25) is 0 Å². The quantitative estimate of drug-likeness (QED) is 0.662.